The topological polar surface area (TPSA) is 105 Å². The summed E-state index contributed by atoms with van der Waals surface area (Å²) in [6.45, 7) is 4.62. The maximum absolute atomic E-state index is 12.9. The Bertz CT molecular complexity index is 1220. The molecule has 0 heterocycles. The third-order valence-electron chi connectivity index (χ3n) is 9.60. The van der Waals surface area contributed by atoms with Gasteiger partial charge in [-0.1, -0.05) is 176 Å². The lowest BCUT2D eigenvalue weighted by Crippen LogP contribution is -2.45. The molecule has 0 saturated carbocycles. The molecule has 1 amide bonds. The zero-order valence-corrected chi connectivity index (χ0v) is 38.6. The van der Waals surface area contributed by atoms with Crippen molar-refractivity contribution in [2.75, 3.05) is 40.9 Å². The Morgan fingerprint density at radius 1 is 0.603 bits per heavy atom. The van der Waals surface area contributed by atoms with E-state index in [0.717, 1.165) is 57.8 Å². The maximum atomic E-state index is 12.9. The normalized spacial score (nSPS) is 15.1. The molecule has 0 saturated heterocycles. The average Bonchev–Trinajstić information content (AvgIpc) is 3.17. The van der Waals surface area contributed by atoms with Crippen LogP contribution in [0.1, 0.15) is 168 Å². The Balaban J connectivity index is 4.57. The van der Waals surface area contributed by atoms with Gasteiger partial charge in [-0.2, -0.15) is 0 Å². The highest BCUT2D eigenvalue weighted by molar-refractivity contribution is 7.47. The van der Waals surface area contributed by atoms with E-state index < -0.39 is 20.0 Å². The molecule has 0 spiro atoms. The molecule has 0 aromatic rings. The van der Waals surface area contributed by atoms with Crippen LogP contribution in [0.25, 0.3) is 0 Å². The summed E-state index contributed by atoms with van der Waals surface area (Å²) in [4.78, 5) is 23.1. The predicted molar refractivity (Wildman–Crippen MR) is 249 cm³/mol. The summed E-state index contributed by atoms with van der Waals surface area (Å²) in [6.07, 6.45) is 55.3. The SMILES string of the molecule is CC/C=C\C/C=C\C/C=C\C/C=C\C/C=C\CCCC(=O)NC(COP(=O)(O)OCC[N+](C)(C)C)C(O)/C=C/CC/C=C/CCCCCCCCCCCCCCC. The van der Waals surface area contributed by atoms with E-state index in [2.05, 4.69) is 92.1 Å². The van der Waals surface area contributed by atoms with Crippen LogP contribution in [0.5, 0.6) is 0 Å². The summed E-state index contributed by atoms with van der Waals surface area (Å²) in [5.41, 5.74) is 0. The minimum Gasteiger partial charge on any atom is -0.387 e. The molecule has 9 heteroatoms. The van der Waals surface area contributed by atoms with Crippen LogP contribution >= 0.6 is 7.82 Å². The number of carbonyl (C=O) groups excluding carboxylic acids is 1. The van der Waals surface area contributed by atoms with Gasteiger partial charge in [0.25, 0.3) is 0 Å². The van der Waals surface area contributed by atoms with E-state index in [9.17, 15) is 19.4 Å². The van der Waals surface area contributed by atoms with E-state index in [1.165, 1.54) is 83.5 Å². The summed E-state index contributed by atoms with van der Waals surface area (Å²) < 4.78 is 23.5. The average molecular weight is 832 g/mol. The molecular formula is C49H88N2O6P+. The molecule has 8 nitrogen and oxygen atoms in total. The number of quaternary nitrogens is 1. The van der Waals surface area contributed by atoms with Crippen molar-refractivity contribution in [1.29, 1.82) is 0 Å². The molecule has 0 aliphatic carbocycles. The molecule has 0 rings (SSSR count). The quantitative estimate of drug-likeness (QED) is 0.0246. The highest BCUT2D eigenvalue weighted by Gasteiger charge is 2.27. The van der Waals surface area contributed by atoms with Crippen LogP contribution in [-0.2, 0) is 18.4 Å². The fourth-order valence-corrected chi connectivity index (χ4v) is 6.71. The number of hydrogen-bond acceptors (Lipinski definition) is 5. The lowest BCUT2D eigenvalue weighted by atomic mass is 10.0. The molecule has 0 fully saturated rings. The number of amides is 1. The number of aliphatic hydroxyl groups excluding tert-OH is 1. The first kappa shape index (κ1) is 55.7. The maximum Gasteiger partial charge on any atom is 0.472 e. The molecule has 0 aliphatic heterocycles. The summed E-state index contributed by atoms with van der Waals surface area (Å²) >= 11 is 0. The highest BCUT2D eigenvalue weighted by Crippen LogP contribution is 2.43. The molecule has 58 heavy (non-hydrogen) atoms. The van der Waals surface area contributed by atoms with E-state index in [0.29, 0.717) is 17.4 Å². The van der Waals surface area contributed by atoms with Crippen LogP contribution in [0.4, 0.5) is 0 Å². The lowest BCUT2D eigenvalue weighted by Gasteiger charge is -2.25. The second-order valence-electron chi connectivity index (χ2n) is 16.4. The summed E-state index contributed by atoms with van der Waals surface area (Å²) in [7, 11) is 1.50. The van der Waals surface area contributed by atoms with Crippen LogP contribution in [0.15, 0.2) is 85.1 Å². The van der Waals surface area contributed by atoms with Crippen molar-refractivity contribution in [2.45, 2.75) is 180 Å². The van der Waals surface area contributed by atoms with E-state index in [4.69, 9.17) is 9.05 Å². The minimum absolute atomic E-state index is 0.0411. The van der Waals surface area contributed by atoms with Crippen molar-refractivity contribution in [3.63, 3.8) is 0 Å². The largest absolute Gasteiger partial charge is 0.472 e. The number of nitrogens with one attached hydrogen (secondary N) is 1. The first-order valence-electron chi connectivity index (χ1n) is 23.0. The van der Waals surface area contributed by atoms with Crippen LogP contribution in [0.2, 0.25) is 0 Å². The number of hydrogen-bond donors (Lipinski definition) is 3. The van der Waals surface area contributed by atoms with Gasteiger partial charge in [-0.3, -0.25) is 13.8 Å². The van der Waals surface area contributed by atoms with Crippen molar-refractivity contribution < 1.29 is 32.9 Å². The minimum atomic E-state index is -4.37. The number of unbranched alkanes of at least 4 members (excludes halogenated alkanes) is 15. The molecule has 3 atom stereocenters. The molecule has 334 valence electrons. The predicted octanol–water partition coefficient (Wildman–Crippen LogP) is 13.0. The third kappa shape index (κ3) is 41.8. The standard InChI is InChI=1S/C49H87N2O6P/c1-6-8-10-12-14-16-18-20-22-24-25-27-28-30-32-34-36-38-40-42-48(52)47(46-57-58(54,55)56-45-44-51(3,4)5)50-49(53)43-41-39-37-35-33-31-29-26-23-21-19-17-15-13-11-9-7-2/h9,11,15,17,21,23,29,31-32,34-35,37,40,42,47-48,52H,6-8,10,12-14,16,18-20,22,24-28,30,33,36,38-39,41,43-46H2,1-5H3,(H-,50,53,54,55)/p+1/b11-9-,17-15-,23-21-,31-29-,34-32+,37-35-,42-40+. The Kier molecular flexibility index (Phi) is 38.5. The van der Waals surface area contributed by atoms with E-state index in [1.54, 1.807) is 6.08 Å². The van der Waals surface area contributed by atoms with E-state index in [-0.39, 0.29) is 25.5 Å². The van der Waals surface area contributed by atoms with Crippen LogP contribution < -0.4 is 5.32 Å². The Hall–Kier alpha value is -2.32. The van der Waals surface area contributed by atoms with Crippen LogP contribution in [0, 0.1) is 0 Å². The lowest BCUT2D eigenvalue weighted by molar-refractivity contribution is -0.870. The van der Waals surface area contributed by atoms with Crippen LogP contribution in [0.3, 0.4) is 0 Å². The van der Waals surface area contributed by atoms with Gasteiger partial charge >= 0.3 is 7.82 Å². The molecular weight excluding hydrogens is 744 g/mol. The van der Waals surface area contributed by atoms with Gasteiger partial charge in [0, 0.05) is 6.42 Å². The van der Waals surface area contributed by atoms with Crippen molar-refractivity contribution >= 4 is 13.7 Å². The second kappa shape index (κ2) is 40.1. The molecule has 0 aromatic heterocycles. The van der Waals surface area contributed by atoms with E-state index in [1.807, 2.05) is 27.2 Å². The Morgan fingerprint density at radius 2 is 1.05 bits per heavy atom. The summed E-state index contributed by atoms with van der Waals surface area (Å²) in [5.74, 6) is -0.247. The molecule has 3 N–H and O–H groups in total. The number of phosphoric ester groups is 1. The fourth-order valence-electron chi connectivity index (χ4n) is 5.97. The van der Waals surface area contributed by atoms with Gasteiger partial charge in [0.15, 0.2) is 0 Å². The Labute approximate surface area is 356 Å². The zero-order valence-electron chi connectivity index (χ0n) is 37.8. The molecule has 0 aromatic carbocycles. The number of phosphoric acid groups is 1. The van der Waals surface area contributed by atoms with Crippen LogP contribution in [-0.4, -0.2) is 73.4 Å². The smallest absolute Gasteiger partial charge is 0.387 e. The first-order chi connectivity index (χ1) is 28.0. The molecule has 0 aliphatic rings. The van der Waals surface area contributed by atoms with Gasteiger partial charge in [-0.15, -0.1) is 0 Å². The molecule has 3 unspecified atom stereocenters. The van der Waals surface area contributed by atoms with Gasteiger partial charge in [0.1, 0.15) is 13.2 Å². The summed E-state index contributed by atoms with van der Waals surface area (Å²) in [5, 5.41) is 13.8. The highest BCUT2D eigenvalue weighted by atomic mass is 31.2. The van der Waals surface area contributed by atoms with Crippen molar-refractivity contribution in [2.24, 2.45) is 0 Å². The van der Waals surface area contributed by atoms with Crippen molar-refractivity contribution in [3.8, 4) is 0 Å². The molecule has 0 bridgehead atoms. The number of likely N-dealkylation sites (N-methyl/N-ethyl adjacent to an activating group) is 1. The zero-order chi connectivity index (χ0) is 42.8. The Morgan fingerprint density at radius 3 is 1.59 bits per heavy atom. The number of carbonyl (C=O) groups is 1. The monoisotopic (exact) mass is 832 g/mol. The second-order valence-corrected chi connectivity index (χ2v) is 17.8. The van der Waals surface area contributed by atoms with Crippen molar-refractivity contribution in [3.05, 3.63) is 85.1 Å². The number of aliphatic hydroxyl groups is 1. The van der Waals surface area contributed by atoms with Gasteiger partial charge in [-0.05, 0) is 70.6 Å². The van der Waals surface area contributed by atoms with Gasteiger partial charge < -0.3 is 19.8 Å². The number of rotatable bonds is 40. The fraction of sp³-hybridized carbons (Fsp3) is 0.694. The van der Waals surface area contributed by atoms with Gasteiger partial charge in [0.2, 0.25) is 5.91 Å². The van der Waals surface area contributed by atoms with Crippen molar-refractivity contribution in [1.82, 2.24) is 5.32 Å². The van der Waals surface area contributed by atoms with Gasteiger partial charge in [0.05, 0.1) is 39.9 Å². The summed E-state index contributed by atoms with van der Waals surface area (Å²) in [6, 6.07) is -0.897. The first-order valence-corrected chi connectivity index (χ1v) is 24.5. The third-order valence-corrected chi connectivity index (χ3v) is 10.6. The number of allylic oxidation sites excluding steroid dienone is 13. The van der Waals surface area contributed by atoms with Gasteiger partial charge in [-0.25, -0.2) is 4.57 Å². The van der Waals surface area contributed by atoms with E-state index >= 15 is 0 Å². The molecule has 0 radical (unpaired) electrons. The number of nitrogens with zero attached hydrogens (tertiary/aromatic N) is 1.